The second-order valence-corrected chi connectivity index (χ2v) is 3.59. The number of rotatable bonds is 5. The quantitative estimate of drug-likeness (QED) is 0.408. The summed E-state index contributed by atoms with van der Waals surface area (Å²) in [5.74, 6) is -0.0254. The standard InChI is InChI=1S/C12H16O4/c1-2-8-15-12(14)16-11(9-13)10-6-4-3-5-7-10/h2,4,6,9-11H,1,3,5,7-8H2. The van der Waals surface area contributed by atoms with E-state index >= 15 is 0 Å². The Bertz CT molecular complexity index is 283. The molecule has 1 rings (SSSR count). The van der Waals surface area contributed by atoms with Gasteiger partial charge in [-0.1, -0.05) is 24.8 Å². The molecule has 0 aromatic carbocycles. The number of hydrogen-bond acceptors (Lipinski definition) is 4. The van der Waals surface area contributed by atoms with Gasteiger partial charge >= 0.3 is 6.16 Å². The molecule has 0 bridgehead atoms. The molecule has 0 saturated carbocycles. The SMILES string of the molecule is C=CCOC(=O)OC(C=O)C1C=CCCC1. The minimum atomic E-state index is -0.823. The third-order valence-electron chi connectivity index (χ3n) is 2.40. The molecule has 0 amide bonds. The molecule has 0 fully saturated rings. The van der Waals surface area contributed by atoms with E-state index in [-0.39, 0.29) is 12.5 Å². The molecule has 0 aromatic heterocycles. The largest absolute Gasteiger partial charge is 0.509 e. The van der Waals surface area contributed by atoms with Crippen molar-refractivity contribution in [2.24, 2.45) is 5.92 Å². The van der Waals surface area contributed by atoms with Crippen molar-refractivity contribution in [2.75, 3.05) is 6.61 Å². The molecule has 4 heteroatoms. The molecule has 0 aromatic rings. The van der Waals surface area contributed by atoms with Crippen molar-refractivity contribution in [3.8, 4) is 0 Å². The second kappa shape index (κ2) is 6.82. The van der Waals surface area contributed by atoms with E-state index in [1.165, 1.54) is 6.08 Å². The van der Waals surface area contributed by atoms with Gasteiger partial charge < -0.3 is 9.47 Å². The van der Waals surface area contributed by atoms with Crippen molar-refractivity contribution >= 4 is 12.4 Å². The normalized spacial score (nSPS) is 20.9. The van der Waals surface area contributed by atoms with Gasteiger partial charge in [0.05, 0.1) is 0 Å². The Hall–Kier alpha value is -1.58. The number of hydrogen-bond donors (Lipinski definition) is 0. The molecule has 1 aliphatic carbocycles. The molecule has 2 unspecified atom stereocenters. The lowest BCUT2D eigenvalue weighted by Crippen LogP contribution is -2.28. The summed E-state index contributed by atoms with van der Waals surface area (Å²) < 4.78 is 9.57. The number of aldehydes is 1. The van der Waals surface area contributed by atoms with Crippen LogP contribution in [0, 0.1) is 5.92 Å². The molecule has 1 aliphatic rings. The maximum absolute atomic E-state index is 11.1. The summed E-state index contributed by atoms with van der Waals surface area (Å²) in [6, 6.07) is 0. The smallest absolute Gasteiger partial charge is 0.430 e. The molecule has 0 saturated heterocycles. The van der Waals surface area contributed by atoms with Gasteiger partial charge in [0, 0.05) is 5.92 Å². The summed E-state index contributed by atoms with van der Waals surface area (Å²) in [6.07, 6.45) is 7.33. The van der Waals surface area contributed by atoms with Gasteiger partial charge in [-0.15, -0.1) is 0 Å². The summed E-state index contributed by atoms with van der Waals surface area (Å²) in [5, 5.41) is 0. The number of allylic oxidation sites excluding steroid dienone is 1. The molecule has 0 radical (unpaired) electrons. The highest BCUT2D eigenvalue weighted by atomic mass is 16.7. The van der Waals surface area contributed by atoms with Crippen molar-refractivity contribution in [3.05, 3.63) is 24.8 Å². The van der Waals surface area contributed by atoms with Gasteiger partial charge in [0.15, 0.2) is 12.4 Å². The van der Waals surface area contributed by atoms with Crippen LogP contribution in [0.5, 0.6) is 0 Å². The topological polar surface area (TPSA) is 52.6 Å². The van der Waals surface area contributed by atoms with Crippen LogP contribution >= 0.6 is 0 Å². The molecule has 88 valence electrons. The van der Waals surface area contributed by atoms with E-state index in [4.69, 9.17) is 4.74 Å². The first-order valence-electron chi connectivity index (χ1n) is 5.34. The van der Waals surface area contributed by atoms with E-state index < -0.39 is 12.3 Å². The maximum Gasteiger partial charge on any atom is 0.509 e. The zero-order chi connectivity index (χ0) is 11.8. The van der Waals surface area contributed by atoms with E-state index in [1.807, 2.05) is 12.2 Å². The average Bonchev–Trinajstić information content (AvgIpc) is 2.34. The van der Waals surface area contributed by atoms with Crippen LogP contribution in [0.2, 0.25) is 0 Å². The number of carbonyl (C=O) groups excluding carboxylic acids is 2. The van der Waals surface area contributed by atoms with Crippen molar-refractivity contribution in [3.63, 3.8) is 0 Å². The molecule has 2 atom stereocenters. The minimum Gasteiger partial charge on any atom is -0.430 e. The van der Waals surface area contributed by atoms with Crippen LogP contribution in [0.1, 0.15) is 19.3 Å². The van der Waals surface area contributed by atoms with Gasteiger partial charge in [-0.3, -0.25) is 4.79 Å². The maximum atomic E-state index is 11.1. The lowest BCUT2D eigenvalue weighted by molar-refractivity contribution is -0.118. The Balaban J connectivity index is 2.44. The summed E-state index contributed by atoms with van der Waals surface area (Å²) in [5.41, 5.74) is 0. The molecule has 0 heterocycles. The van der Waals surface area contributed by atoms with E-state index in [0.29, 0.717) is 6.29 Å². The molecule has 4 nitrogen and oxygen atoms in total. The van der Waals surface area contributed by atoms with Gasteiger partial charge in [-0.05, 0) is 19.3 Å². The van der Waals surface area contributed by atoms with Gasteiger partial charge in [-0.25, -0.2) is 4.79 Å². The van der Waals surface area contributed by atoms with E-state index in [9.17, 15) is 9.59 Å². The fourth-order valence-electron chi connectivity index (χ4n) is 1.60. The van der Waals surface area contributed by atoms with Gasteiger partial charge in [0.25, 0.3) is 0 Å². The Morgan fingerprint density at radius 2 is 2.44 bits per heavy atom. The summed E-state index contributed by atoms with van der Waals surface area (Å²) in [6.45, 7) is 3.50. The summed E-state index contributed by atoms with van der Waals surface area (Å²) in [4.78, 5) is 22.0. The lowest BCUT2D eigenvalue weighted by atomic mass is 9.91. The van der Waals surface area contributed by atoms with Crippen molar-refractivity contribution < 1.29 is 19.1 Å². The zero-order valence-corrected chi connectivity index (χ0v) is 9.13. The Morgan fingerprint density at radius 3 is 3.00 bits per heavy atom. The minimum absolute atomic E-state index is 0.0254. The highest BCUT2D eigenvalue weighted by molar-refractivity contribution is 5.66. The Labute approximate surface area is 94.9 Å². The zero-order valence-electron chi connectivity index (χ0n) is 9.13. The third-order valence-corrected chi connectivity index (χ3v) is 2.40. The number of ether oxygens (including phenoxy) is 2. The van der Waals surface area contributed by atoms with E-state index in [0.717, 1.165) is 19.3 Å². The lowest BCUT2D eigenvalue weighted by Gasteiger charge is -2.21. The fourth-order valence-corrected chi connectivity index (χ4v) is 1.60. The molecule has 0 spiro atoms. The highest BCUT2D eigenvalue weighted by Crippen LogP contribution is 2.21. The molecule has 16 heavy (non-hydrogen) atoms. The molecule has 0 N–H and O–H groups in total. The first-order valence-corrected chi connectivity index (χ1v) is 5.34. The summed E-state index contributed by atoms with van der Waals surface area (Å²) >= 11 is 0. The summed E-state index contributed by atoms with van der Waals surface area (Å²) in [7, 11) is 0. The molecule has 0 aliphatic heterocycles. The van der Waals surface area contributed by atoms with E-state index in [2.05, 4.69) is 11.3 Å². The highest BCUT2D eigenvalue weighted by Gasteiger charge is 2.24. The Morgan fingerprint density at radius 1 is 1.62 bits per heavy atom. The third kappa shape index (κ3) is 3.88. The van der Waals surface area contributed by atoms with Crippen LogP contribution in [0.15, 0.2) is 24.8 Å². The monoisotopic (exact) mass is 224 g/mol. The van der Waals surface area contributed by atoms with Gasteiger partial charge in [0.1, 0.15) is 6.61 Å². The van der Waals surface area contributed by atoms with Gasteiger partial charge in [-0.2, -0.15) is 0 Å². The van der Waals surface area contributed by atoms with Crippen LogP contribution < -0.4 is 0 Å². The number of carbonyl (C=O) groups is 2. The van der Waals surface area contributed by atoms with E-state index in [1.54, 1.807) is 0 Å². The Kier molecular flexibility index (Phi) is 5.32. The first kappa shape index (κ1) is 12.5. The van der Waals surface area contributed by atoms with Crippen LogP contribution in [0.25, 0.3) is 0 Å². The predicted molar refractivity (Wildman–Crippen MR) is 59.0 cm³/mol. The van der Waals surface area contributed by atoms with Crippen molar-refractivity contribution in [2.45, 2.75) is 25.4 Å². The van der Waals surface area contributed by atoms with Crippen molar-refractivity contribution in [1.82, 2.24) is 0 Å². The molecular weight excluding hydrogens is 208 g/mol. The fraction of sp³-hybridized carbons (Fsp3) is 0.500. The van der Waals surface area contributed by atoms with Crippen LogP contribution in [-0.2, 0) is 14.3 Å². The first-order chi connectivity index (χ1) is 7.77. The van der Waals surface area contributed by atoms with Crippen LogP contribution in [0.3, 0.4) is 0 Å². The van der Waals surface area contributed by atoms with Gasteiger partial charge in [0.2, 0.25) is 0 Å². The van der Waals surface area contributed by atoms with Crippen LogP contribution in [-0.4, -0.2) is 25.2 Å². The van der Waals surface area contributed by atoms with Crippen molar-refractivity contribution in [1.29, 1.82) is 0 Å². The molecular formula is C12H16O4. The van der Waals surface area contributed by atoms with Crippen LogP contribution in [0.4, 0.5) is 4.79 Å². The average molecular weight is 224 g/mol. The second-order valence-electron chi connectivity index (χ2n) is 3.59. The predicted octanol–water partition coefficient (Wildman–Crippen LogP) is 2.25.